The average molecular weight is 412 g/mol. The largest absolute Gasteiger partial charge is 0.368 e. The van der Waals surface area contributed by atoms with Gasteiger partial charge in [0.05, 0.1) is 25.1 Å². The molecule has 2 heterocycles. The number of nitrogens with one attached hydrogen (secondary N) is 1. The molecule has 2 aromatic rings. The SMILES string of the molecule is CC(C)OP(=O)(COCCn1cnc2c(NC3CC3)nc(N)nc21)OC(C)C. The second kappa shape index (κ2) is 8.73. The number of rotatable bonds is 11. The number of hydrogen-bond acceptors (Lipinski definition) is 9. The summed E-state index contributed by atoms with van der Waals surface area (Å²) in [6, 6.07) is 0.432. The molecule has 0 amide bonds. The van der Waals surface area contributed by atoms with E-state index in [1.165, 1.54) is 0 Å². The fourth-order valence-electron chi connectivity index (χ4n) is 2.71. The molecule has 156 valence electrons. The fourth-order valence-corrected chi connectivity index (χ4v) is 4.52. The van der Waals surface area contributed by atoms with Crippen LogP contribution in [0.1, 0.15) is 40.5 Å². The predicted octanol–water partition coefficient (Wildman–Crippen LogP) is 3.00. The molecule has 3 rings (SSSR count). The lowest BCUT2D eigenvalue weighted by molar-refractivity contribution is 0.0961. The van der Waals surface area contributed by atoms with E-state index in [0.717, 1.165) is 12.8 Å². The molecule has 10 nitrogen and oxygen atoms in total. The van der Waals surface area contributed by atoms with Crippen molar-refractivity contribution in [2.45, 2.75) is 65.3 Å². The second-order valence-corrected chi connectivity index (χ2v) is 9.32. The van der Waals surface area contributed by atoms with Gasteiger partial charge in [-0.25, -0.2) is 4.98 Å². The molecule has 1 fully saturated rings. The van der Waals surface area contributed by atoms with Gasteiger partial charge in [-0.2, -0.15) is 9.97 Å². The maximum atomic E-state index is 12.8. The number of nitrogen functional groups attached to an aromatic ring is 1. The Morgan fingerprint density at radius 1 is 1.25 bits per heavy atom. The molecule has 1 saturated carbocycles. The van der Waals surface area contributed by atoms with E-state index in [-0.39, 0.29) is 24.5 Å². The van der Waals surface area contributed by atoms with Crippen LogP contribution < -0.4 is 11.1 Å². The Kier molecular flexibility index (Phi) is 6.54. The van der Waals surface area contributed by atoms with Crippen molar-refractivity contribution in [3.8, 4) is 0 Å². The predicted molar refractivity (Wildman–Crippen MR) is 107 cm³/mol. The number of nitrogens with two attached hydrogens (primary N) is 1. The van der Waals surface area contributed by atoms with Crippen molar-refractivity contribution < 1.29 is 18.3 Å². The van der Waals surface area contributed by atoms with Gasteiger partial charge in [0.1, 0.15) is 6.35 Å². The van der Waals surface area contributed by atoms with E-state index in [9.17, 15) is 4.57 Å². The van der Waals surface area contributed by atoms with Gasteiger partial charge in [-0.05, 0) is 40.5 Å². The van der Waals surface area contributed by atoms with E-state index in [0.29, 0.717) is 36.2 Å². The molecule has 0 atom stereocenters. The van der Waals surface area contributed by atoms with E-state index in [1.54, 1.807) is 6.33 Å². The van der Waals surface area contributed by atoms with Crippen LogP contribution in [0.15, 0.2) is 6.33 Å². The van der Waals surface area contributed by atoms with Crippen LogP contribution in [0.25, 0.3) is 11.2 Å². The molecule has 28 heavy (non-hydrogen) atoms. The number of ether oxygens (including phenoxy) is 1. The molecule has 0 aromatic carbocycles. The van der Waals surface area contributed by atoms with E-state index >= 15 is 0 Å². The molecule has 0 radical (unpaired) electrons. The first-order valence-electron chi connectivity index (χ1n) is 9.54. The maximum Gasteiger partial charge on any atom is 0.356 e. The van der Waals surface area contributed by atoms with Crippen molar-refractivity contribution in [2.24, 2.45) is 0 Å². The fraction of sp³-hybridized carbons (Fsp3) is 0.706. The molecule has 0 bridgehead atoms. The molecule has 0 saturated heterocycles. The standard InChI is InChI=1S/C17H29N6O4P/c1-11(2)26-28(24,27-12(3)4)10-25-8-7-23-9-19-14-15(20-13-5-6-13)21-17(18)22-16(14)23/h9,11-13H,5-8,10H2,1-4H3,(H3,18,20,21,22). The van der Waals surface area contributed by atoms with Crippen molar-refractivity contribution in [3.63, 3.8) is 0 Å². The smallest absolute Gasteiger partial charge is 0.356 e. The zero-order valence-corrected chi connectivity index (χ0v) is 17.7. The molecule has 0 spiro atoms. The van der Waals surface area contributed by atoms with Crippen LogP contribution in [0.2, 0.25) is 0 Å². The molecule has 1 aliphatic rings. The van der Waals surface area contributed by atoms with Crippen molar-refractivity contribution in [3.05, 3.63) is 6.33 Å². The van der Waals surface area contributed by atoms with Gasteiger partial charge in [0.2, 0.25) is 5.95 Å². The monoisotopic (exact) mass is 412 g/mol. The van der Waals surface area contributed by atoms with Crippen LogP contribution in [0.5, 0.6) is 0 Å². The summed E-state index contributed by atoms with van der Waals surface area (Å²) in [6.07, 6.45) is 3.37. The van der Waals surface area contributed by atoms with E-state index < -0.39 is 7.60 Å². The molecule has 0 aliphatic heterocycles. The van der Waals surface area contributed by atoms with E-state index in [4.69, 9.17) is 19.5 Å². The Hall–Kier alpha value is -1.74. The maximum absolute atomic E-state index is 12.8. The summed E-state index contributed by atoms with van der Waals surface area (Å²) in [4.78, 5) is 13.0. The van der Waals surface area contributed by atoms with Crippen LogP contribution in [-0.2, 0) is 24.9 Å². The van der Waals surface area contributed by atoms with Crippen LogP contribution in [0, 0.1) is 0 Å². The molecule has 2 aromatic heterocycles. The molecule has 11 heteroatoms. The highest BCUT2D eigenvalue weighted by Crippen LogP contribution is 2.50. The molecule has 1 aliphatic carbocycles. The van der Waals surface area contributed by atoms with Crippen LogP contribution >= 0.6 is 7.60 Å². The number of anilines is 2. The van der Waals surface area contributed by atoms with Gasteiger partial charge >= 0.3 is 7.60 Å². The topological polar surface area (TPSA) is 126 Å². The van der Waals surface area contributed by atoms with Crippen LogP contribution in [-0.4, -0.2) is 50.7 Å². The summed E-state index contributed by atoms with van der Waals surface area (Å²) in [5.41, 5.74) is 7.17. The number of fused-ring (bicyclic) bond motifs is 1. The molecular formula is C17H29N6O4P. The minimum absolute atomic E-state index is 0.110. The average Bonchev–Trinajstić information content (AvgIpc) is 3.29. The second-order valence-electron chi connectivity index (χ2n) is 7.42. The van der Waals surface area contributed by atoms with Gasteiger partial charge in [-0.1, -0.05) is 0 Å². The third kappa shape index (κ3) is 5.64. The normalized spacial score (nSPS) is 15.1. The number of hydrogen-bond donors (Lipinski definition) is 2. The van der Waals surface area contributed by atoms with Crippen molar-refractivity contribution >= 4 is 30.5 Å². The van der Waals surface area contributed by atoms with Gasteiger partial charge in [-0.3, -0.25) is 4.57 Å². The lowest BCUT2D eigenvalue weighted by atomic mass is 10.4. The lowest BCUT2D eigenvalue weighted by Gasteiger charge is -2.22. The zero-order chi connectivity index (χ0) is 20.3. The minimum atomic E-state index is -3.31. The lowest BCUT2D eigenvalue weighted by Crippen LogP contribution is -2.14. The Labute approximate surface area is 164 Å². The number of nitrogens with zero attached hydrogens (tertiary/aromatic N) is 4. The third-order valence-electron chi connectivity index (χ3n) is 3.87. The minimum Gasteiger partial charge on any atom is -0.368 e. The highest BCUT2D eigenvalue weighted by Gasteiger charge is 2.28. The first-order chi connectivity index (χ1) is 13.3. The molecular weight excluding hydrogens is 383 g/mol. The Morgan fingerprint density at radius 2 is 1.93 bits per heavy atom. The zero-order valence-electron chi connectivity index (χ0n) is 16.8. The van der Waals surface area contributed by atoms with Gasteiger partial charge in [0.15, 0.2) is 17.0 Å². The summed E-state index contributed by atoms with van der Waals surface area (Å²) in [7, 11) is -3.31. The van der Waals surface area contributed by atoms with Crippen molar-refractivity contribution in [1.82, 2.24) is 19.5 Å². The Bertz CT molecular complexity index is 838. The summed E-state index contributed by atoms with van der Waals surface area (Å²) in [5, 5.41) is 3.33. The summed E-state index contributed by atoms with van der Waals surface area (Å²) >= 11 is 0. The Balaban J connectivity index is 1.62. The molecule has 3 N–H and O–H groups in total. The highest BCUT2D eigenvalue weighted by atomic mass is 31.2. The van der Waals surface area contributed by atoms with Gasteiger partial charge < -0.3 is 29.4 Å². The van der Waals surface area contributed by atoms with E-state index in [2.05, 4.69) is 20.3 Å². The quantitative estimate of drug-likeness (QED) is 0.423. The first kappa shape index (κ1) is 21.0. The van der Waals surface area contributed by atoms with Gasteiger partial charge in [-0.15, -0.1) is 0 Å². The van der Waals surface area contributed by atoms with Gasteiger partial charge in [0, 0.05) is 12.6 Å². The first-order valence-corrected chi connectivity index (χ1v) is 11.3. The summed E-state index contributed by atoms with van der Waals surface area (Å²) < 4.78 is 31.2. The number of aromatic nitrogens is 4. The van der Waals surface area contributed by atoms with Crippen molar-refractivity contribution in [2.75, 3.05) is 24.0 Å². The third-order valence-corrected chi connectivity index (χ3v) is 5.85. The Morgan fingerprint density at radius 3 is 2.54 bits per heavy atom. The summed E-state index contributed by atoms with van der Waals surface area (Å²) in [5.74, 6) is 0.850. The highest BCUT2D eigenvalue weighted by molar-refractivity contribution is 7.53. The number of imidazole rings is 1. The van der Waals surface area contributed by atoms with Crippen LogP contribution in [0.3, 0.4) is 0 Å². The molecule has 0 unspecified atom stereocenters. The van der Waals surface area contributed by atoms with Crippen molar-refractivity contribution in [1.29, 1.82) is 0 Å². The summed E-state index contributed by atoms with van der Waals surface area (Å²) in [6.45, 7) is 8.01. The van der Waals surface area contributed by atoms with E-state index in [1.807, 2.05) is 32.3 Å². The van der Waals surface area contributed by atoms with Crippen LogP contribution in [0.4, 0.5) is 11.8 Å². The van der Waals surface area contributed by atoms with Gasteiger partial charge in [0.25, 0.3) is 0 Å².